The van der Waals surface area contributed by atoms with Crippen LogP contribution in [-0.2, 0) is 6.54 Å². The minimum absolute atomic E-state index is 0.580. The molecule has 0 aliphatic heterocycles. The molecule has 2 aromatic rings. The van der Waals surface area contributed by atoms with Gasteiger partial charge in [0.1, 0.15) is 5.82 Å². The van der Waals surface area contributed by atoms with Crippen LogP contribution in [0.2, 0.25) is 0 Å². The fourth-order valence-corrected chi connectivity index (χ4v) is 4.15. The van der Waals surface area contributed by atoms with Crippen LogP contribution in [0.3, 0.4) is 0 Å². The van der Waals surface area contributed by atoms with E-state index in [1.54, 1.807) is 11.8 Å². The molecule has 3 rings (SSSR count). The zero-order chi connectivity index (χ0) is 14.7. The lowest BCUT2D eigenvalue weighted by atomic mass is 9.87. The number of aromatic nitrogens is 5. The Morgan fingerprint density at radius 2 is 2.24 bits per heavy atom. The van der Waals surface area contributed by atoms with Gasteiger partial charge in [0.25, 0.3) is 0 Å². The molecule has 1 aliphatic rings. The van der Waals surface area contributed by atoms with Crippen LogP contribution in [0.25, 0.3) is 0 Å². The summed E-state index contributed by atoms with van der Waals surface area (Å²) in [6, 6.07) is 2.54. The summed E-state index contributed by atoms with van der Waals surface area (Å²) < 4.78 is 4.33. The van der Waals surface area contributed by atoms with E-state index >= 15 is 0 Å². The van der Waals surface area contributed by atoms with E-state index in [2.05, 4.69) is 33.7 Å². The molecule has 0 saturated heterocycles. The van der Waals surface area contributed by atoms with Crippen LogP contribution in [0.5, 0.6) is 0 Å². The van der Waals surface area contributed by atoms with Gasteiger partial charge in [0.05, 0.1) is 6.54 Å². The number of aryl methyl sites for hydroxylation is 2. The Morgan fingerprint density at radius 3 is 3.00 bits per heavy atom. The maximum absolute atomic E-state index is 4.38. The van der Waals surface area contributed by atoms with Crippen molar-refractivity contribution in [2.75, 3.05) is 5.75 Å². The van der Waals surface area contributed by atoms with Crippen molar-refractivity contribution >= 4 is 11.8 Å². The molecule has 0 radical (unpaired) electrons. The number of hydrogen-bond donors (Lipinski definition) is 0. The topological polar surface area (TPSA) is 48.5 Å². The first-order chi connectivity index (χ1) is 10.2. The second kappa shape index (κ2) is 6.64. The quantitative estimate of drug-likeness (QED) is 0.795. The van der Waals surface area contributed by atoms with Gasteiger partial charge in [0, 0.05) is 24.2 Å². The normalized spacial score (nSPS) is 22.6. The van der Waals surface area contributed by atoms with Crippen LogP contribution in [0.15, 0.2) is 23.6 Å². The third-order valence-corrected chi connectivity index (χ3v) is 5.14. The van der Waals surface area contributed by atoms with Gasteiger partial charge in [-0.1, -0.05) is 31.5 Å². The molecule has 5 nitrogen and oxygen atoms in total. The van der Waals surface area contributed by atoms with E-state index < -0.39 is 0 Å². The molecule has 2 aromatic heterocycles. The first-order valence-corrected chi connectivity index (χ1v) is 8.74. The van der Waals surface area contributed by atoms with Crippen LogP contribution >= 0.6 is 11.8 Å². The zero-order valence-corrected chi connectivity index (χ0v) is 13.6. The second-order valence-electron chi connectivity index (χ2n) is 5.94. The van der Waals surface area contributed by atoms with Crippen molar-refractivity contribution in [2.45, 2.75) is 57.3 Å². The first kappa shape index (κ1) is 14.6. The average molecular weight is 305 g/mol. The molecule has 1 saturated carbocycles. The molecule has 0 amide bonds. The van der Waals surface area contributed by atoms with Gasteiger partial charge in [0.15, 0.2) is 5.16 Å². The van der Waals surface area contributed by atoms with Crippen molar-refractivity contribution in [2.24, 2.45) is 5.92 Å². The van der Waals surface area contributed by atoms with E-state index in [9.17, 15) is 0 Å². The molecule has 0 aromatic carbocycles. The predicted octanol–water partition coefficient (Wildman–Crippen LogP) is 3.33. The van der Waals surface area contributed by atoms with E-state index in [0.717, 1.165) is 29.2 Å². The highest BCUT2D eigenvalue weighted by Gasteiger charge is 2.24. The smallest absolute Gasteiger partial charge is 0.191 e. The van der Waals surface area contributed by atoms with Crippen molar-refractivity contribution in [1.82, 2.24) is 24.5 Å². The highest BCUT2D eigenvalue weighted by Crippen LogP contribution is 2.35. The van der Waals surface area contributed by atoms with Crippen LogP contribution in [0.4, 0.5) is 0 Å². The van der Waals surface area contributed by atoms with E-state index in [0.29, 0.717) is 6.04 Å². The summed E-state index contributed by atoms with van der Waals surface area (Å²) in [4.78, 5) is 0. The summed E-state index contributed by atoms with van der Waals surface area (Å²) in [6.45, 7) is 5.34. The maximum atomic E-state index is 4.38. The largest absolute Gasteiger partial charge is 0.303 e. The molecule has 21 heavy (non-hydrogen) atoms. The average Bonchev–Trinajstić information content (AvgIpc) is 3.09. The highest BCUT2D eigenvalue weighted by atomic mass is 32.2. The molecule has 1 fully saturated rings. The SMILES string of the molecule is Cc1nnc(SCCn2cccn2)n1[C@@H]1CCC[C@H](C)C1. The fourth-order valence-electron chi connectivity index (χ4n) is 3.17. The Balaban J connectivity index is 1.65. The lowest BCUT2D eigenvalue weighted by Crippen LogP contribution is -2.19. The Bertz CT molecular complexity index is 563. The van der Waals surface area contributed by atoms with Gasteiger partial charge < -0.3 is 4.57 Å². The molecular weight excluding hydrogens is 282 g/mol. The summed E-state index contributed by atoms with van der Waals surface area (Å²) in [5.41, 5.74) is 0. The minimum Gasteiger partial charge on any atom is -0.303 e. The molecule has 114 valence electrons. The van der Waals surface area contributed by atoms with Crippen LogP contribution < -0.4 is 0 Å². The summed E-state index contributed by atoms with van der Waals surface area (Å²) in [7, 11) is 0. The summed E-state index contributed by atoms with van der Waals surface area (Å²) in [5, 5.41) is 14.0. The lowest BCUT2D eigenvalue weighted by molar-refractivity contribution is 0.268. The minimum atomic E-state index is 0.580. The van der Waals surface area contributed by atoms with Gasteiger partial charge >= 0.3 is 0 Å². The van der Waals surface area contributed by atoms with E-state index in [-0.39, 0.29) is 0 Å². The molecular formula is C15H23N5S. The molecule has 0 spiro atoms. The number of rotatable bonds is 5. The van der Waals surface area contributed by atoms with Crippen molar-refractivity contribution in [3.05, 3.63) is 24.3 Å². The summed E-state index contributed by atoms with van der Waals surface area (Å²) in [6.07, 6.45) is 9.02. The third-order valence-electron chi connectivity index (χ3n) is 4.22. The van der Waals surface area contributed by atoms with E-state index in [1.165, 1.54) is 25.7 Å². The Labute approximate surface area is 130 Å². The van der Waals surface area contributed by atoms with Crippen LogP contribution in [0.1, 0.15) is 44.5 Å². The molecule has 0 unspecified atom stereocenters. The van der Waals surface area contributed by atoms with Gasteiger partial charge in [-0.2, -0.15) is 5.10 Å². The second-order valence-corrected chi connectivity index (χ2v) is 7.01. The highest BCUT2D eigenvalue weighted by molar-refractivity contribution is 7.99. The Morgan fingerprint density at radius 1 is 1.33 bits per heavy atom. The third kappa shape index (κ3) is 3.48. The van der Waals surface area contributed by atoms with E-state index in [4.69, 9.17) is 0 Å². The van der Waals surface area contributed by atoms with Gasteiger partial charge in [-0.25, -0.2) is 0 Å². The van der Waals surface area contributed by atoms with E-state index in [1.807, 2.05) is 23.1 Å². The Kier molecular flexibility index (Phi) is 4.63. The molecule has 2 atom stereocenters. The van der Waals surface area contributed by atoms with Gasteiger partial charge in [0.2, 0.25) is 0 Å². The summed E-state index contributed by atoms with van der Waals surface area (Å²) in [5.74, 6) is 2.84. The maximum Gasteiger partial charge on any atom is 0.191 e. The standard InChI is InChI=1S/C15H23N5S/c1-12-5-3-6-14(11-12)20-13(2)17-18-15(20)21-10-9-19-8-4-7-16-19/h4,7-8,12,14H,3,5-6,9-11H2,1-2H3/t12-,14+/m0/s1. The number of thioether (sulfide) groups is 1. The van der Waals surface area contributed by atoms with Crippen molar-refractivity contribution in [3.8, 4) is 0 Å². The monoisotopic (exact) mass is 305 g/mol. The van der Waals surface area contributed by atoms with Gasteiger partial charge in [-0.3, -0.25) is 4.68 Å². The zero-order valence-electron chi connectivity index (χ0n) is 12.8. The van der Waals surface area contributed by atoms with Gasteiger partial charge in [-0.05, 0) is 31.7 Å². The van der Waals surface area contributed by atoms with Crippen molar-refractivity contribution in [3.63, 3.8) is 0 Å². The molecule has 2 heterocycles. The van der Waals surface area contributed by atoms with Crippen LogP contribution in [-0.4, -0.2) is 30.3 Å². The molecule has 0 N–H and O–H groups in total. The Hall–Kier alpha value is -1.30. The summed E-state index contributed by atoms with van der Waals surface area (Å²) >= 11 is 1.79. The molecule has 6 heteroatoms. The number of nitrogens with zero attached hydrogens (tertiary/aromatic N) is 5. The first-order valence-electron chi connectivity index (χ1n) is 7.76. The van der Waals surface area contributed by atoms with Crippen molar-refractivity contribution < 1.29 is 0 Å². The number of hydrogen-bond acceptors (Lipinski definition) is 4. The van der Waals surface area contributed by atoms with Gasteiger partial charge in [-0.15, -0.1) is 10.2 Å². The molecule has 1 aliphatic carbocycles. The fraction of sp³-hybridized carbons (Fsp3) is 0.667. The molecule has 0 bridgehead atoms. The lowest BCUT2D eigenvalue weighted by Gasteiger charge is -2.29. The predicted molar refractivity (Wildman–Crippen MR) is 84.4 cm³/mol. The van der Waals surface area contributed by atoms with Crippen LogP contribution in [0, 0.1) is 12.8 Å². The van der Waals surface area contributed by atoms with Crippen molar-refractivity contribution in [1.29, 1.82) is 0 Å².